The van der Waals surface area contributed by atoms with Crippen LogP contribution in [0.25, 0.3) is 0 Å². The van der Waals surface area contributed by atoms with Gasteiger partial charge in [0.15, 0.2) is 5.75 Å². The van der Waals surface area contributed by atoms with Crippen molar-refractivity contribution in [3.8, 4) is 5.75 Å². The van der Waals surface area contributed by atoms with Crippen LogP contribution in [0.4, 0.5) is 0 Å². The highest BCUT2D eigenvalue weighted by Crippen LogP contribution is 2.35. The van der Waals surface area contributed by atoms with Crippen LogP contribution in [-0.2, 0) is 6.61 Å². The van der Waals surface area contributed by atoms with Gasteiger partial charge in [-0.1, -0.05) is 39.7 Å². The number of benzene rings is 2. The van der Waals surface area contributed by atoms with Crippen molar-refractivity contribution in [1.82, 2.24) is 0 Å². The first kappa shape index (κ1) is 15.4. The topological polar surface area (TPSA) is 46.5 Å². The van der Waals surface area contributed by atoms with Crippen LogP contribution >= 0.6 is 43.5 Å². The number of aromatic carboxylic acids is 1. The summed E-state index contributed by atoms with van der Waals surface area (Å²) >= 11 is 12.7. The van der Waals surface area contributed by atoms with E-state index in [1.807, 2.05) is 24.3 Å². The third-order valence-electron chi connectivity index (χ3n) is 2.52. The molecular weight excluding hydrogens is 411 g/mol. The SMILES string of the molecule is O=C(O)c1cc(Cl)c(OCc2cccc(Br)c2)c(Br)c1. The van der Waals surface area contributed by atoms with Gasteiger partial charge < -0.3 is 9.84 Å². The van der Waals surface area contributed by atoms with Gasteiger partial charge in [0, 0.05) is 4.47 Å². The smallest absolute Gasteiger partial charge is 0.335 e. The lowest BCUT2D eigenvalue weighted by molar-refractivity contribution is 0.0696. The van der Waals surface area contributed by atoms with Crippen molar-refractivity contribution in [2.45, 2.75) is 6.61 Å². The summed E-state index contributed by atoms with van der Waals surface area (Å²) in [6.45, 7) is 0.337. The predicted molar refractivity (Wildman–Crippen MR) is 84.6 cm³/mol. The molecule has 0 aliphatic rings. The summed E-state index contributed by atoms with van der Waals surface area (Å²) in [7, 11) is 0. The average molecular weight is 420 g/mol. The lowest BCUT2D eigenvalue weighted by Gasteiger charge is -2.11. The quantitative estimate of drug-likeness (QED) is 0.745. The summed E-state index contributed by atoms with van der Waals surface area (Å²) < 4.78 is 7.13. The van der Waals surface area contributed by atoms with Crippen LogP contribution < -0.4 is 4.74 Å². The maximum atomic E-state index is 10.9. The Bertz CT molecular complexity index is 636. The molecule has 0 amide bonds. The van der Waals surface area contributed by atoms with Crippen LogP contribution in [0.1, 0.15) is 15.9 Å². The summed E-state index contributed by atoms with van der Waals surface area (Å²) in [5, 5.41) is 9.19. The molecule has 0 aliphatic heterocycles. The minimum atomic E-state index is -1.04. The minimum Gasteiger partial charge on any atom is -0.486 e. The first-order valence-electron chi connectivity index (χ1n) is 5.57. The van der Waals surface area contributed by atoms with Crippen LogP contribution in [0.5, 0.6) is 5.75 Å². The van der Waals surface area contributed by atoms with Crippen LogP contribution in [0.15, 0.2) is 45.3 Å². The van der Waals surface area contributed by atoms with Crippen LogP contribution in [0, 0.1) is 0 Å². The maximum Gasteiger partial charge on any atom is 0.335 e. The Morgan fingerprint density at radius 3 is 2.60 bits per heavy atom. The standard InChI is InChI=1S/C14H9Br2ClO3/c15-10-3-1-2-8(4-10)7-20-13-11(16)5-9(14(18)19)6-12(13)17/h1-6H,7H2,(H,18,19). The maximum absolute atomic E-state index is 10.9. The Balaban J connectivity index is 2.20. The van der Waals surface area contributed by atoms with Gasteiger partial charge in [-0.25, -0.2) is 4.79 Å². The van der Waals surface area contributed by atoms with E-state index < -0.39 is 5.97 Å². The molecule has 1 N–H and O–H groups in total. The second-order valence-electron chi connectivity index (χ2n) is 3.99. The van der Waals surface area contributed by atoms with Gasteiger partial charge in [-0.05, 0) is 45.8 Å². The highest BCUT2D eigenvalue weighted by atomic mass is 79.9. The van der Waals surface area contributed by atoms with E-state index in [0.29, 0.717) is 16.8 Å². The highest BCUT2D eigenvalue weighted by Gasteiger charge is 2.13. The molecule has 0 fully saturated rings. The minimum absolute atomic E-state index is 0.108. The van der Waals surface area contributed by atoms with Gasteiger partial charge in [0.1, 0.15) is 6.61 Å². The van der Waals surface area contributed by atoms with Gasteiger partial charge in [0.05, 0.1) is 15.1 Å². The molecule has 0 saturated carbocycles. The van der Waals surface area contributed by atoms with Crippen molar-refractivity contribution in [2.75, 3.05) is 0 Å². The summed E-state index contributed by atoms with van der Waals surface area (Å²) in [6.07, 6.45) is 0. The molecule has 2 aromatic carbocycles. The number of halogens is 3. The second kappa shape index (κ2) is 6.61. The molecule has 2 rings (SSSR count). The molecule has 20 heavy (non-hydrogen) atoms. The van der Waals surface area contributed by atoms with E-state index in [-0.39, 0.29) is 10.6 Å². The summed E-state index contributed by atoms with van der Waals surface area (Å²) in [6, 6.07) is 10.5. The number of hydrogen-bond donors (Lipinski definition) is 1. The van der Waals surface area contributed by atoms with Crippen molar-refractivity contribution in [3.05, 3.63) is 61.5 Å². The van der Waals surface area contributed by atoms with Gasteiger partial charge in [0.2, 0.25) is 0 Å². The largest absolute Gasteiger partial charge is 0.486 e. The van der Waals surface area contributed by atoms with E-state index in [9.17, 15) is 4.79 Å². The molecule has 2 aromatic rings. The molecule has 0 spiro atoms. The van der Waals surface area contributed by atoms with E-state index in [0.717, 1.165) is 10.0 Å². The van der Waals surface area contributed by atoms with E-state index >= 15 is 0 Å². The van der Waals surface area contributed by atoms with Crippen molar-refractivity contribution in [1.29, 1.82) is 0 Å². The van der Waals surface area contributed by atoms with Crippen LogP contribution in [0.2, 0.25) is 5.02 Å². The zero-order valence-electron chi connectivity index (χ0n) is 10.1. The number of rotatable bonds is 4. The van der Waals surface area contributed by atoms with Gasteiger partial charge in [-0.15, -0.1) is 0 Å². The Morgan fingerprint density at radius 2 is 2.00 bits per heavy atom. The molecule has 0 bridgehead atoms. The molecule has 0 atom stereocenters. The molecule has 3 nitrogen and oxygen atoms in total. The van der Waals surface area contributed by atoms with E-state index in [1.165, 1.54) is 12.1 Å². The van der Waals surface area contributed by atoms with Crippen molar-refractivity contribution in [2.24, 2.45) is 0 Å². The van der Waals surface area contributed by atoms with E-state index in [2.05, 4.69) is 31.9 Å². The van der Waals surface area contributed by atoms with Gasteiger partial charge in [-0.3, -0.25) is 0 Å². The molecule has 0 radical (unpaired) electrons. The van der Waals surface area contributed by atoms with Crippen LogP contribution in [0.3, 0.4) is 0 Å². The lowest BCUT2D eigenvalue weighted by atomic mass is 10.2. The number of carboxylic acid groups (broad SMARTS) is 1. The summed E-state index contributed by atoms with van der Waals surface area (Å²) in [4.78, 5) is 10.9. The van der Waals surface area contributed by atoms with Crippen molar-refractivity contribution < 1.29 is 14.6 Å². The van der Waals surface area contributed by atoms with E-state index in [4.69, 9.17) is 21.4 Å². The van der Waals surface area contributed by atoms with Crippen LogP contribution in [-0.4, -0.2) is 11.1 Å². The van der Waals surface area contributed by atoms with Crippen molar-refractivity contribution >= 4 is 49.4 Å². The Morgan fingerprint density at radius 1 is 1.25 bits per heavy atom. The molecule has 0 unspecified atom stereocenters. The average Bonchev–Trinajstić information content (AvgIpc) is 2.37. The fraction of sp³-hybridized carbons (Fsp3) is 0.0714. The van der Waals surface area contributed by atoms with Gasteiger partial charge >= 0.3 is 5.97 Å². The Hall–Kier alpha value is -1.04. The van der Waals surface area contributed by atoms with Crippen molar-refractivity contribution in [3.63, 3.8) is 0 Å². The molecule has 0 saturated heterocycles. The predicted octanol–water partition coefficient (Wildman–Crippen LogP) is 5.14. The summed E-state index contributed by atoms with van der Waals surface area (Å²) in [5.41, 5.74) is 1.08. The number of carboxylic acids is 1. The fourth-order valence-corrected chi connectivity index (χ4v) is 3.01. The van der Waals surface area contributed by atoms with E-state index in [1.54, 1.807) is 0 Å². The third-order valence-corrected chi connectivity index (χ3v) is 3.88. The molecule has 104 valence electrons. The lowest BCUT2D eigenvalue weighted by Crippen LogP contribution is -2.00. The molecule has 0 aliphatic carbocycles. The normalized spacial score (nSPS) is 10.3. The first-order valence-corrected chi connectivity index (χ1v) is 7.53. The Labute approximate surface area is 137 Å². The first-order chi connectivity index (χ1) is 9.47. The summed E-state index contributed by atoms with van der Waals surface area (Å²) in [5.74, 6) is -0.609. The third kappa shape index (κ3) is 3.75. The van der Waals surface area contributed by atoms with Gasteiger partial charge in [0.25, 0.3) is 0 Å². The zero-order valence-corrected chi connectivity index (χ0v) is 14.0. The highest BCUT2D eigenvalue weighted by molar-refractivity contribution is 9.10. The monoisotopic (exact) mass is 418 g/mol. The fourth-order valence-electron chi connectivity index (χ4n) is 1.60. The molecule has 6 heteroatoms. The number of hydrogen-bond acceptors (Lipinski definition) is 2. The number of ether oxygens (including phenoxy) is 1. The second-order valence-corrected chi connectivity index (χ2v) is 6.17. The molecule has 0 heterocycles. The molecular formula is C14H9Br2ClO3. The number of carbonyl (C=O) groups is 1. The molecule has 0 aromatic heterocycles. The van der Waals surface area contributed by atoms with Gasteiger partial charge in [-0.2, -0.15) is 0 Å². The zero-order chi connectivity index (χ0) is 14.7. The Kier molecular flexibility index (Phi) is 5.07.